The summed E-state index contributed by atoms with van der Waals surface area (Å²) in [7, 11) is 0. The molecule has 2 rings (SSSR count). The molecule has 1 atom stereocenters. The van der Waals surface area contributed by atoms with Gasteiger partial charge in [0.2, 0.25) is 0 Å². The Bertz CT molecular complexity index is 440. The maximum atomic E-state index is 12.4. The zero-order valence-corrected chi connectivity index (χ0v) is 9.57. The van der Waals surface area contributed by atoms with Crippen LogP contribution in [0.3, 0.4) is 0 Å². The summed E-state index contributed by atoms with van der Waals surface area (Å²) in [4.78, 5) is 4.15. The van der Waals surface area contributed by atoms with E-state index in [1.807, 2.05) is 0 Å². The molecule has 1 aromatic carbocycles. The number of hydrogen-bond acceptors (Lipinski definition) is 3. The van der Waals surface area contributed by atoms with E-state index in [1.54, 1.807) is 0 Å². The van der Waals surface area contributed by atoms with Gasteiger partial charge in [-0.1, -0.05) is 12.1 Å². The average molecular weight is 258 g/mol. The highest BCUT2D eigenvalue weighted by molar-refractivity contribution is 5.78. The summed E-state index contributed by atoms with van der Waals surface area (Å²) in [5.74, 6) is 0.572. The van der Waals surface area contributed by atoms with Crippen molar-refractivity contribution in [3.63, 3.8) is 0 Å². The zero-order chi connectivity index (χ0) is 13.2. The van der Waals surface area contributed by atoms with Gasteiger partial charge in [0.05, 0.1) is 12.1 Å². The molecule has 0 radical (unpaired) electrons. The number of nitrogens with zero attached hydrogens (tertiary/aromatic N) is 1. The summed E-state index contributed by atoms with van der Waals surface area (Å²) in [5, 5.41) is 0. The normalized spacial score (nSPS) is 19.6. The molecule has 1 aliphatic rings. The quantitative estimate of drug-likeness (QED) is 0.905. The first-order valence-corrected chi connectivity index (χ1v) is 5.58. The topological polar surface area (TPSA) is 47.6 Å². The molecular formula is C12H13F3N2O. The molecule has 1 aromatic rings. The fourth-order valence-corrected chi connectivity index (χ4v) is 1.75. The molecule has 1 unspecified atom stereocenters. The Morgan fingerprint density at radius 3 is 2.50 bits per heavy atom. The Morgan fingerprint density at radius 1 is 1.28 bits per heavy atom. The molecule has 98 valence electrons. The van der Waals surface area contributed by atoms with Gasteiger partial charge < -0.3 is 10.5 Å². The standard InChI is InChI=1S/C12H13F3N2O/c13-12(14,15)9-3-1-8(2-4-9)10-7-17-11(18-10)5-6-16/h1-4,10H,5-7,16H2. The Hall–Kier alpha value is -1.56. The van der Waals surface area contributed by atoms with Crippen molar-refractivity contribution < 1.29 is 17.9 Å². The van der Waals surface area contributed by atoms with Crippen LogP contribution in [0, 0.1) is 0 Å². The number of benzene rings is 1. The third kappa shape index (κ3) is 2.81. The van der Waals surface area contributed by atoms with Crippen LogP contribution >= 0.6 is 0 Å². The average Bonchev–Trinajstić information content (AvgIpc) is 2.77. The first-order valence-electron chi connectivity index (χ1n) is 5.58. The lowest BCUT2D eigenvalue weighted by atomic mass is 10.1. The predicted molar refractivity (Wildman–Crippen MR) is 61.2 cm³/mol. The van der Waals surface area contributed by atoms with E-state index >= 15 is 0 Å². The summed E-state index contributed by atoms with van der Waals surface area (Å²) in [5.41, 5.74) is 5.41. The van der Waals surface area contributed by atoms with Gasteiger partial charge in [-0.05, 0) is 17.7 Å². The highest BCUT2D eigenvalue weighted by Crippen LogP contribution is 2.31. The van der Waals surface area contributed by atoms with E-state index in [2.05, 4.69) is 4.99 Å². The molecule has 0 aromatic heterocycles. The minimum Gasteiger partial charge on any atom is -0.471 e. The molecule has 18 heavy (non-hydrogen) atoms. The minimum absolute atomic E-state index is 0.297. The number of aliphatic imine (C=N–C) groups is 1. The number of ether oxygens (including phenoxy) is 1. The third-order valence-electron chi connectivity index (χ3n) is 2.68. The Balaban J connectivity index is 2.04. The lowest BCUT2D eigenvalue weighted by Crippen LogP contribution is -2.10. The van der Waals surface area contributed by atoms with E-state index in [0.29, 0.717) is 31.0 Å². The Kier molecular flexibility index (Phi) is 3.56. The van der Waals surface area contributed by atoms with Crippen LogP contribution in [0.4, 0.5) is 13.2 Å². The molecule has 6 heteroatoms. The second kappa shape index (κ2) is 4.97. The van der Waals surface area contributed by atoms with Gasteiger partial charge in [-0.2, -0.15) is 13.2 Å². The van der Waals surface area contributed by atoms with Crippen molar-refractivity contribution in [3.05, 3.63) is 35.4 Å². The van der Waals surface area contributed by atoms with Gasteiger partial charge in [0.15, 0.2) is 5.90 Å². The fourth-order valence-electron chi connectivity index (χ4n) is 1.75. The molecular weight excluding hydrogens is 245 g/mol. The van der Waals surface area contributed by atoms with Crippen molar-refractivity contribution in [2.45, 2.75) is 18.7 Å². The highest BCUT2D eigenvalue weighted by atomic mass is 19.4. The van der Waals surface area contributed by atoms with Gasteiger partial charge >= 0.3 is 6.18 Å². The van der Waals surface area contributed by atoms with E-state index in [9.17, 15) is 13.2 Å². The molecule has 1 aliphatic heterocycles. The first kappa shape index (κ1) is 12.9. The smallest absolute Gasteiger partial charge is 0.416 e. The number of alkyl halides is 3. The van der Waals surface area contributed by atoms with Crippen molar-refractivity contribution in [2.75, 3.05) is 13.1 Å². The van der Waals surface area contributed by atoms with Crippen molar-refractivity contribution in [3.8, 4) is 0 Å². The molecule has 0 spiro atoms. The van der Waals surface area contributed by atoms with E-state index < -0.39 is 11.7 Å². The SMILES string of the molecule is NCCC1=NCC(c2ccc(C(F)(F)F)cc2)O1. The number of nitrogens with two attached hydrogens (primary N) is 1. The molecule has 0 amide bonds. The number of halogens is 3. The van der Waals surface area contributed by atoms with E-state index in [4.69, 9.17) is 10.5 Å². The van der Waals surface area contributed by atoms with Crippen LogP contribution in [-0.2, 0) is 10.9 Å². The van der Waals surface area contributed by atoms with Crippen LogP contribution in [0.1, 0.15) is 23.7 Å². The van der Waals surface area contributed by atoms with Crippen molar-refractivity contribution in [1.82, 2.24) is 0 Å². The van der Waals surface area contributed by atoms with Crippen LogP contribution in [0.2, 0.25) is 0 Å². The minimum atomic E-state index is -4.31. The van der Waals surface area contributed by atoms with Gasteiger partial charge in [0, 0.05) is 13.0 Å². The van der Waals surface area contributed by atoms with Gasteiger partial charge in [-0.3, -0.25) is 4.99 Å². The van der Waals surface area contributed by atoms with Crippen molar-refractivity contribution in [2.24, 2.45) is 10.7 Å². The number of hydrogen-bond donors (Lipinski definition) is 1. The first-order chi connectivity index (χ1) is 8.50. The zero-order valence-electron chi connectivity index (χ0n) is 9.57. The Morgan fingerprint density at radius 2 is 1.94 bits per heavy atom. The second-order valence-corrected chi connectivity index (χ2v) is 4.00. The van der Waals surface area contributed by atoms with E-state index in [-0.39, 0.29) is 6.10 Å². The van der Waals surface area contributed by atoms with Crippen LogP contribution in [0.25, 0.3) is 0 Å². The maximum Gasteiger partial charge on any atom is 0.416 e. The second-order valence-electron chi connectivity index (χ2n) is 4.00. The summed E-state index contributed by atoms with van der Waals surface area (Å²) < 4.78 is 42.7. The number of rotatable bonds is 3. The van der Waals surface area contributed by atoms with Crippen LogP contribution < -0.4 is 5.73 Å². The van der Waals surface area contributed by atoms with Crippen molar-refractivity contribution in [1.29, 1.82) is 0 Å². The van der Waals surface area contributed by atoms with E-state index in [1.165, 1.54) is 12.1 Å². The molecule has 0 bridgehead atoms. The van der Waals surface area contributed by atoms with Gasteiger partial charge in [-0.15, -0.1) is 0 Å². The van der Waals surface area contributed by atoms with Gasteiger partial charge in [0.25, 0.3) is 0 Å². The van der Waals surface area contributed by atoms with Gasteiger partial charge in [-0.25, -0.2) is 0 Å². The Labute approximate surface area is 102 Å². The van der Waals surface area contributed by atoms with E-state index in [0.717, 1.165) is 12.1 Å². The van der Waals surface area contributed by atoms with Crippen LogP contribution in [0.15, 0.2) is 29.3 Å². The lowest BCUT2D eigenvalue weighted by Gasteiger charge is -2.13. The molecule has 0 saturated heterocycles. The monoisotopic (exact) mass is 258 g/mol. The lowest BCUT2D eigenvalue weighted by molar-refractivity contribution is -0.137. The maximum absolute atomic E-state index is 12.4. The highest BCUT2D eigenvalue weighted by Gasteiger charge is 2.30. The summed E-state index contributed by atoms with van der Waals surface area (Å²) >= 11 is 0. The fraction of sp³-hybridized carbons (Fsp3) is 0.417. The van der Waals surface area contributed by atoms with Crippen LogP contribution in [0.5, 0.6) is 0 Å². The van der Waals surface area contributed by atoms with Crippen molar-refractivity contribution >= 4 is 5.90 Å². The van der Waals surface area contributed by atoms with Gasteiger partial charge in [0.1, 0.15) is 6.10 Å². The molecule has 3 nitrogen and oxygen atoms in total. The predicted octanol–water partition coefficient (Wildman–Crippen LogP) is 2.52. The largest absolute Gasteiger partial charge is 0.471 e. The molecule has 0 saturated carbocycles. The molecule has 0 aliphatic carbocycles. The summed E-state index contributed by atoms with van der Waals surface area (Å²) in [6.07, 6.45) is -4.05. The van der Waals surface area contributed by atoms with Crippen LogP contribution in [-0.4, -0.2) is 19.0 Å². The molecule has 2 N–H and O–H groups in total. The summed E-state index contributed by atoms with van der Waals surface area (Å²) in [6.45, 7) is 0.874. The molecule has 1 heterocycles. The molecule has 0 fully saturated rings. The third-order valence-corrected chi connectivity index (χ3v) is 2.68. The summed E-state index contributed by atoms with van der Waals surface area (Å²) in [6, 6.07) is 4.96.